The number of hydrogen-bond donors (Lipinski definition) is 1. The number of aliphatic imine (C=N–C) groups is 1. The van der Waals surface area contributed by atoms with Gasteiger partial charge in [0.25, 0.3) is 0 Å². The van der Waals surface area contributed by atoms with E-state index >= 15 is 0 Å². The molecule has 11 heteroatoms. The molecule has 0 bridgehead atoms. The number of aryl methyl sites for hydroxylation is 1. The van der Waals surface area contributed by atoms with Crippen LogP contribution in [0.4, 0.5) is 39.0 Å². The Bertz CT molecular complexity index is 1430. The molecular weight excluding hydrogens is 519 g/mol. The third kappa shape index (κ3) is 5.25. The average molecular weight is 545 g/mol. The number of benzene rings is 3. The highest BCUT2D eigenvalue weighted by Gasteiger charge is 2.39. The zero-order valence-corrected chi connectivity index (χ0v) is 20.9. The standard InChI is InChI=1S/C28H25F5N4O2/c1-17-14-19(8-9-22(17)29)35-10-12-36(13-11-35)27-34-26-21(6-3-7-23(26)30)24(16-25(38)39)37(27)20-5-2-4-18(15-20)28(31,32)33/h2-9,14-15,24H,10-13,16H2,1H3,(H,38,39). The van der Waals surface area contributed by atoms with Crippen molar-refractivity contribution in [3.05, 3.63) is 89.0 Å². The first-order valence-corrected chi connectivity index (χ1v) is 12.3. The van der Waals surface area contributed by atoms with Crippen LogP contribution in [0.1, 0.15) is 29.2 Å². The van der Waals surface area contributed by atoms with Crippen LogP contribution < -0.4 is 9.80 Å². The van der Waals surface area contributed by atoms with Crippen molar-refractivity contribution in [1.82, 2.24) is 4.90 Å². The van der Waals surface area contributed by atoms with Gasteiger partial charge in [-0.3, -0.25) is 4.79 Å². The predicted octanol–water partition coefficient (Wildman–Crippen LogP) is 6.14. The number of aliphatic carboxylic acids is 1. The fourth-order valence-corrected chi connectivity index (χ4v) is 5.06. The number of rotatable bonds is 4. The minimum absolute atomic E-state index is 0.0291. The predicted molar refractivity (Wildman–Crippen MR) is 137 cm³/mol. The first-order chi connectivity index (χ1) is 18.5. The van der Waals surface area contributed by atoms with Gasteiger partial charge in [-0.25, -0.2) is 13.8 Å². The number of carbonyl (C=O) groups is 1. The molecule has 2 aliphatic rings. The van der Waals surface area contributed by atoms with E-state index in [1.165, 1.54) is 35.2 Å². The summed E-state index contributed by atoms with van der Waals surface area (Å²) in [6.07, 6.45) is -5.10. The van der Waals surface area contributed by atoms with E-state index in [-0.39, 0.29) is 28.7 Å². The number of carboxylic acids is 1. The van der Waals surface area contributed by atoms with Crippen LogP contribution in [-0.4, -0.2) is 48.1 Å². The van der Waals surface area contributed by atoms with Crippen LogP contribution in [0.15, 0.2) is 65.7 Å². The Kier molecular flexibility index (Phi) is 6.92. The number of nitrogens with zero attached hydrogens (tertiary/aromatic N) is 4. The van der Waals surface area contributed by atoms with Crippen molar-refractivity contribution >= 4 is 29.0 Å². The molecule has 1 atom stereocenters. The highest BCUT2D eigenvalue weighted by atomic mass is 19.4. The summed E-state index contributed by atoms with van der Waals surface area (Å²) in [5.74, 6) is -1.97. The second kappa shape index (κ2) is 10.2. The van der Waals surface area contributed by atoms with Gasteiger partial charge in [0, 0.05) is 43.1 Å². The van der Waals surface area contributed by atoms with Crippen LogP contribution in [-0.2, 0) is 11.0 Å². The van der Waals surface area contributed by atoms with E-state index in [2.05, 4.69) is 4.99 Å². The smallest absolute Gasteiger partial charge is 0.416 e. The molecular formula is C28H25F5N4O2. The highest BCUT2D eigenvalue weighted by Crippen LogP contribution is 2.43. The molecule has 2 heterocycles. The van der Waals surface area contributed by atoms with Crippen LogP contribution in [0, 0.1) is 18.6 Å². The van der Waals surface area contributed by atoms with Crippen LogP contribution in [0.3, 0.4) is 0 Å². The summed E-state index contributed by atoms with van der Waals surface area (Å²) in [6, 6.07) is 12.6. The average Bonchev–Trinajstić information content (AvgIpc) is 2.90. The van der Waals surface area contributed by atoms with E-state index in [1.807, 2.05) is 9.80 Å². The summed E-state index contributed by atoms with van der Waals surface area (Å²) in [6.45, 7) is 3.37. The van der Waals surface area contributed by atoms with Crippen LogP contribution in [0.2, 0.25) is 0 Å². The molecule has 0 amide bonds. The Labute approximate surface area is 221 Å². The van der Waals surface area contributed by atoms with E-state index in [0.29, 0.717) is 31.7 Å². The maximum atomic E-state index is 14.9. The molecule has 0 saturated carbocycles. The van der Waals surface area contributed by atoms with E-state index < -0.39 is 36.0 Å². The van der Waals surface area contributed by atoms with E-state index in [4.69, 9.17) is 0 Å². The van der Waals surface area contributed by atoms with Gasteiger partial charge >= 0.3 is 12.1 Å². The molecule has 1 fully saturated rings. The SMILES string of the molecule is Cc1cc(N2CCN(C3=Nc4c(F)cccc4C(CC(=O)O)N3c3cccc(C(F)(F)F)c3)CC2)ccc1F. The molecule has 3 aromatic carbocycles. The number of carboxylic acid groups (broad SMARTS) is 1. The Morgan fingerprint density at radius 1 is 0.923 bits per heavy atom. The lowest BCUT2D eigenvalue weighted by Gasteiger charge is -2.45. The van der Waals surface area contributed by atoms with Gasteiger partial charge in [0.2, 0.25) is 5.96 Å². The summed E-state index contributed by atoms with van der Waals surface area (Å²) in [4.78, 5) is 21.8. The molecule has 0 radical (unpaired) electrons. The van der Waals surface area contributed by atoms with Crippen molar-refractivity contribution in [3.63, 3.8) is 0 Å². The van der Waals surface area contributed by atoms with Gasteiger partial charge in [-0.05, 0) is 55.0 Å². The molecule has 0 aliphatic carbocycles. The van der Waals surface area contributed by atoms with Crippen LogP contribution in [0.25, 0.3) is 0 Å². The molecule has 1 saturated heterocycles. The van der Waals surface area contributed by atoms with Crippen LogP contribution in [0.5, 0.6) is 0 Å². The second-order valence-electron chi connectivity index (χ2n) is 9.53. The summed E-state index contributed by atoms with van der Waals surface area (Å²) < 4.78 is 69.5. The molecule has 2 aliphatic heterocycles. The van der Waals surface area contributed by atoms with Crippen molar-refractivity contribution in [1.29, 1.82) is 0 Å². The zero-order chi connectivity index (χ0) is 27.9. The van der Waals surface area contributed by atoms with Gasteiger partial charge in [0.05, 0.1) is 18.0 Å². The topological polar surface area (TPSA) is 59.4 Å². The molecule has 0 aromatic heterocycles. The van der Waals surface area contributed by atoms with Crippen molar-refractivity contribution in [3.8, 4) is 0 Å². The second-order valence-corrected chi connectivity index (χ2v) is 9.53. The van der Waals surface area contributed by atoms with Gasteiger partial charge in [0.1, 0.15) is 17.3 Å². The first kappa shape index (κ1) is 26.5. The molecule has 5 rings (SSSR count). The number of alkyl halides is 3. The lowest BCUT2D eigenvalue weighted by atomic mass is 9.97. The largest absolute Gasteiger partial charge is 0.481 e. The van der Waals surface area contributed by atoms with E-state index in [0.717, 1.165) is 17.8 Å². The minimum Gasteiger partial charge on any atom is -0.481 e. The van der Waals surface area contributed by atoms with Crippen molar-refractivity contribution in [2.45, 2.75) is 25.6 Å². The van der Waals surface area contributed by atoms with Crippen molar-refractivity contribution < 1.29 is 31.9 Å². The zero-order valence-electron chi connectivity index (χ0n) is 20.9. The number of halogens is 5. The van der Waals surface area contributed by atoms with Crippen molar-refractivity contribution in [2.24, 2.45) is 4.99 Å². The molecule has 204 valence electrons. The fourth-order valence-electron chi connectivity index (χ4n) is 5.06. The molecule has 0 spiro atoms. The van der Waals surface area contributed by atoms with Crippen LogP contribution >= 0.6 is 0 Å². The number of anilines is 2. The molecule has 3 aromatic rings. The molecule has 6 nitrogen and oxygen atoms in total. The maximum absolute atomic E-state index is 14.9. The van der Waals surface area contributed by atoms with Gasteiger partial charge in [-0.1, -0.05) is 18.2 Å². The third-order valence-electron chi connectivity index (χ3n) is 7.00. The van der Waals surface area contributed by atoms with E-state index in [9.17, 15) is 31.9 Å². The molecule has 1 N–H and O–H groups in total. The third-order valence-corrected chi connectivity index (χ3v) is 7.00. The first-order valence-electron chi connectivity index (χ1n) is 12.3. The highest BCUT2D eigenvalue weighted by molar-refractivity contribution is 6.01. The lowest BCUT2D eigenvalue weighted by Crippen LogP contribution is -2.55. The number of hydrogen-bond acceptors (Lipinski definition) is 5. The molecule has 39 heavy (non-hydrogen) atoms. The number of para-hydroxylation sites is 1. The number of guanidine groups is 1. The Balaban J connectivity index is 1.56. The number of piperazine rings is 1. The van der Waals surface area contributed by atoms with E-state index in [1.54, 1.807) is 25.1 Å². The van der Waals surface area contributed by atoms with Gasteiger partial charge < -0.3 is 19.8 Å². The Morgan fingerprint density at radius 3 is 2.28 bits per heavy atom. The molecule has 1 unspecified atom stereocenters. The van der Waals surface area contributed by atoms with Gasteiger partial charge in [0.15, 0.2) is 0 Å². The van der Waals surface area contributed by atoms with Gasteiger partial charge in [-0.15, -0.1) is 0 Å². The normalized spacial score (nSPS) is 17.6. The number of fused-ring (bicyclic) bond motifs is 1. The monoisotopic (exact) mass is 544 g/mol. The summed E-state index contributed by atoms with van der Waals surface area (Å²) in [5.41, 5.74) is 0.786. The lowest BCUT2D eigenvalue weighted by molar-refractivity contribution is -0.138. The van der Waals surface area contributed by atoms with Gasteiger partial charge in [-0.2, -0.15) is 13.2 Å². The summed E-state index contributed by atoms with van der Waals surface area (Å²) >= 11 is 0. The Morgan fingerprint density at radius 2 is 1.62 bits per heavy atom. The Hall–Kier alpha value is -4.15. The van der Waals surface area contributed by atoms with Crippen molar-refractivity contribution in [2.75, 3.05) is 36.0 Å². The minimum atomic E-state index is -4.62. The summed E-state index contributed by atoms with van der Waals surface area (Å²) in [5, 5.41) is 9.72. The fraction of sp³-hybridized carbons (Fsp3) is 0.286. The maximum Gasteiger partial charge on any atom is 0.416 e. The quantitative estimate of drug-likeness (QED) is 0.400. The summed E-state index contributed by atoms with van der Waals surface area (Å²) in [7, 11) is 0.